The molecule has 4 aliphatic rings. The van der Waals surface area contributed by atoms with Gasteiger partial charge in [0.25, 0.3) is 0 Å². The van der Waals surface area contributed by atoms with Crippen molar-refractivity contribution in [2.75, 3.05) is 6.61 Å². The molecular weight excluding hydrogens is 620 g/mol. The maximum absolute atomic E-state index is 13.1. The van der Waals surface area contributed by atoms with Crippen LogP contribution in [0, 0.1) is 17.3 Å². The highest BCUT2D eigenvalue weighted by Gasteiger charge is 2.81. The van der Waals surface area contributed by atoms with E-state index in [1.54, 1.807) is 6.92 Å². The van der Waals surface area contributed by atoms with E-state index in [0.717, 1.165) is 34.6 Å². The van der Waals surface area contributed by atoms with Crippen LogP contribution >= 0.6 is 11.6 Å². The van der Waals surface area contributed by atoms with Crippen LogP contribution in [0.15, 0.2) is 12.2 Å². The molecule has 2 aliphatic carbocycles. The van der Waals surface area contributed by atoms with Gasteiger partial charge < -0.3 is 38.3 Å². The Labute approximate surface area is 264 Å². The Morgan fingerprint density at radius 1 is 0.867 bits per heavy atom. The minimum absolute atomic E-state index is 0.00502. The minimum atomic E-state index is -2.38. The van der Waals surface area contributed by atoms with Gasteiger partial charge in [-0.1, -0.05) is 19.1 Å². The van der Waals surface area contributed by atoms with Gasteiger partial charge in [0.05, 0.1) is 23.3 Å². The van der Waals surface area contributed by atoms with Crippen LogP contribution in [-0.2, 0) is 61.9 Å². The summed E-state index contributed by atoms with van der Waals surface area (Å²) in [5.41, 5.74) is -5.51. The molecule has 250 valence electrons. The molecule has 0 amide bonds. The summed E-state index contributed by atoms with van der Waals surface area (Å²) < 4.78 is 40.7. The van der Waals surface area contributed by atoms with Crippen molar-refractivity contribution in [1.29, 1.82) is 0 Å². The normalized spacial score (nSPS) is 42.3. The molecule has 4 rings (SSSR count). The van der Waals surface area contributed by atoms with Crippen molar-refractivity contribution in [1.82, 2.24) is 0 Å². The number of esters is 6. The largest absolute Gasteiger partial charge is 0.462 e. The fourth-order valence-corrected chi connectivity index (χ4v) is 7.89. The van der Waals surface area contributed by atoms with Gasteiger partial charge in [-0.2, -0.15) is 0 Å². The molecule has 45 heavy (non-hydrogen) atoms. The Bertz CT molecular complexity index is 1290. The van der Waals surface area contributed by atoms with Gasteiger partial charge in [0, 0.05) is 40.5 Å². The van der Waals surface area contributed by atoms with Crippen LogP contribution in [0.2, 0.25) is 0 Å². The zero-order valence-corrected chi connectivity index (χ0v) is 26.9. The van der Waals surface area contributed by atoms with Crippen molar-refractivity contribution >= 4 is 47.4 Å². The smallest absolute Gasteiger partial charge is 0.312 e. The summed E-state index contributed by atoms with van der Waals surface area (Å²) in [6, 6.07) is 0. The lowest BCUT2D eigenvalue weighted by Crippen LogP contribution is -2.76. The average Bonchev–Trinajstić information content (AvgIpc) is 3.67. The first kappa shape index (κ1) is 34.6. The standard InChI is InChI=1S/C30H39ClO14/c1-12-9-10-19(40-14(3)32)28(8)22(26(44-18(7)36)30(38)13(2)27(37)45-23(30)20(12)31)29(11-39-29)25(43-17(6)35)21(41-15(4)33)24(28)42-16(5)34/h13,19-26,38H,1,9-11H2,2-8H3/t13-,19-,20-,21+,22+,23-,24-,25+,26?,28+,29-,30-/m0/s1. The molecule has 2 aliphatic heterocycles. The van der Waals surface area contributed by atoms with Crippen LogP contribution in [0.1, 0.15) is 61.3 Å². The molecule has 1 spiro atoms. The fraction of sp³-hybridized carbons (Fsp3) is 0.733. The van der Waals surface area contributed by atoms with Crippen molar-refractivity contribution in [2.45, 2.75) is 115 Å². The number of fused-ring (bicyclic) bond motifs is 3. The molecule has 0 aromatic rings. The van der Waals surface area contributed by atoms with Crippen LogP contribution < -0.4 is 0 Å². The minimum Gasteiger partial charge on any atom is -0.462 e. The fourth-order valence-electron chi connectivity index (χ4n) is 7.53. The first-order chi connectivity index (χ1) is 20.8. The third-order valence-corrected chi connectivity index (χ3v) is 9.97. The quantitative estimate of drug-likeness (QED) is 0.146. The van der Waals surface area contributed by atoms with Gasteiger partial charge in [-0.15, -0.1) is 11.6 Å². The lowest BCUT2D eigenvalue weighted by atomic mass is 9.51. The second kappa shape index (κ2) is 12.2. The van der Waals surface area contributed by atoms with Crippen LogP contribution in [0.5, 0.6) is 0 Å². The summed E-state index contributed by atoms with van der Waals surface area (Å²) in [6.07, 6.45) is -8.98. The molecule has 2 saturated heterocycles. The number of aliphatic hydroxyl groups is 1. The Morgan fingerprint density at radius 2 is 1.36 bits per heavy atom. The topological polar surface area (TPSA) is 191 Å². The molecule has 0 aromatic carbocycles. The molecule has 1 N–H and O–H groups in total. The Morgan fingerprint density at radius 3 is 1.84 bits per heavy atom. The average molecular weight is 659 g/mol. The van der Waals surface area contributed by atoms with Gasteiger partial charge in [-0.05, 0) is 19.8 Å². The number of rotatable bonds is 5. The Kier molecular flexibility index (Phi) is 9.37. The molecule has 14 nitrogen and oxygen atoms in total. The highest BCUT2D eigenvalue weighted by atomic mass is 35.5. The summed E-state index contributed by atoms with van der Waals surface area (Å²) in [5.74, 6) is -7.69. The Hall–Kier alpha value is -3.23. The maximum Gasteiger partial charge on any atom is 0.312 e. The first-order valence-electron chi connectivity index (χ1n) is 14.6. The zero-order chi connectivity index (χ0) is 33.8. The number of hydrogen-bond donors (Lipinski definition) is 1. The van der Waals surface area contributed by atoms with Crippen molar-refractivity contribution < 1.29 is 67.0 Å². The summed E-state index contributed by atoms with van der Waals surface area (Å²) in [5, 5.41) is 11.5. The maximum atomic E-state index is 13.1. The van der Waals surface area contributed by atoms with Crippen LogP contribution in [0.4, 0.5) is 0 Å². The van der Waals surface area contributed by atoms with E-state index >= 15 is 0 Å². The van der Waals surface area contributed by atoms with Gasteiger partial charge in [0.15, 0.2) is 30.0 Å². The number of halogens is 1. The molecule has 1 unspecified atom stereocenters. The first-order valence-corrected chi connectivity index (χ1v) is 15.0. The lowest BCUT2D eigenvalue weighted by molar-refractivity contribution is -0.285. The van der Waals surface area contributed by atoms with E-state index in [4.69, 9.17) is 44.8 Å². The van der Waals surface area contributed by atoms with Gasteiger partial charge in [-0.3, -0.25) is 28.8 Å². The summed E-state index contributed by atoms with van der Waals surface area (Å²) in [6.45, 7) is 12.3. The molecule has 4 fully saturated rings. The molecule has 0 bridgehead atoms. The monoisotopic (exact) mass is 658 g/mol. The number of carbonyl (C=O) groups excluding carboxylic acids is 6. The molecule has 2 heterocycles. The highest BCUT2D eigenvalue weighted by molar-refractivity contribution is 6.23. The Balaban J connectivity index is 2.14. The summed E-state index contributed by atoms with van der Waals surface area (Å²) in [7, 11) is 0. The van der Waals surface area contributed by atoms with E-state index in [2.05, 4.69) is 6.58 Å². The van der Waals surface area contributed by atoms with E-state index < -0.39 is 106 Å². The summed E-state index contributed by atoms with van der Waals surface area (Å²) in [4.78, 5) is 76.4. The van der Waals surface area contributed by atoms with Gasteiger partial charge in [-0.25, -0.2) is 0 Å². The zero-order valence-electron chi connectivity index (χ0n) is 26.2. The molecule has 12 atom stereocenters. The van der Waals surface area contributed by atoms with Crippen molar-refractivity contribution in [3.63, 3.8) is 0 Å². The number of epoxide rings is 1. The van der Waals surface area contributed by atoms with E-state index in [0.29, 0.717) is 5.57 Å². The van der Waals surface area contributed by atoms with Crippen LogP contribution in [0.3, 0.4) is 0 Å². The molecule has 0 radical (unpaired) electrons. The number of hydrogen-bond acceptors (Lipinski definition) is 14. The molecule has 2 saturated carbocycles. The third kappa shape index (κ3) is 5.80. The van der Waals surface area contributed by atoms with Crippen LogP contribution in [-0.4, -0.2) is 101 Å². The van der Waals surface area contributed by atoms with E-state index in [-0.39, 0.29) is 19.4 Å². The second-order valence-corrected chi connectivity index (χ2v) is 12.9. The lowest BCUT2D eigenvalue weighted by Gasteiger charge is -2.59. The van der Waals surface area contributed by atoms with Crippen molar-refractivity contribution in [2.24, 2.45) is 17.3 Å². The van der Waals surface area contributed by atoms with E-state index in [1.165, 1.54) is 6.92 Å². The molecule has 15 heteroatoms. The predicted octanol–water partition coefficient (Wildman–Crippen LogP) is 1.30. The van der Waals surface area contributed by atoms with E-state index in [1.807, 2.05) is 0 Å². The van der Waals surface area contributed by atoms with Crippen molar-refractivity contribution in [3.05, 3.63) is 12.2 Å². The van der Waals surface area contributed by atoms with Gasteiger partial charge in [0.1, 0.15) is 17.8 Å². The number of alkyl halides is 1. The van der Waals surface area contributed by atoms with E-state index in [9.17, 15) is 33.9 Å². The highest BCUT2D eigenvalue weighted by Crippen LogP contribution is 2.64. The summed E-state index contributed by atoms with van der Waals surface area (Å²) >= 11 is 6.81. The SMILES string of the molecule is C=C1CC[C@H](OC(C)=O)[C@@]2(C)[C@@H](OC(C)=O)[C@@H](OC(C)=O)[C@@H](OC(C)=O)[C@]3(CO3)[C@@H]2C(OC(C)=O)[C@]2(O)[C@@H](C)C(=O)O[C@H]2[C@H]1Cl. The second-order valence-electron chi connectivity index (χ2n) is 12.4. The molecular formula is C30H39ClO14. The predicted molar refractivity (Wildman–Crippen MR) is 150 cm³/mol. The van der Waals surface area contributed by atoms with Crippen LogP contribution in [0.25, 0.3) is 0 Å². The number of ether oxygens (including phenoxy) is 7. The van der Waals surface area contributed by atoms with Gasteiger partial charge >= 0.3 is 35.8 Å². The van der Waals surface area contributed by atoms with Gasteiger partial charge in [0.2, 0.25) is 0 Å². The molecule has 0 aromatic heterocycles. The third-order valence-electron chi connectivity index (χ3n) is 9.44. The van der Waals surface area contributed by atoms with Crippen molar-refractivity contribution in [3.8, 4) is 0 Å². The number of carbonyl (C=O) groups is 6.